The number of rotatable bonds is 5. The minimum absolute atomic E-state index is 0.0195. The number of hydrogen-bond donors (Lipinski definition) is 1. The molecule has 1 N–H and O–H groups in total. The first-order valence-corrected chi connectivity index (χ1v) is 11.1. The topological polar surface area (TPSA) is 73.9 Å². The molecule has 2 fully saturated rings. The van der Waals surface area contributed by atoms with E-state index in [-0.39, 0.29) is 10.9 Å². The highest BCUT2D eigenvalue weighted by Crippen LogP contribution is 2.37. The largest absolute Gasteiger partial charge is 0.495 e. The molecule has 2 aliphatic rings. The van der Waals surface area contributed by atoms with Crippen molar-refractivity contribution >= 4 is 22.6 Å². The molecule has 1 aromatic carbocycles. The molecule has 150 valence electrons. The molecule has 0 amide bonds. The van der Waals surface area contributed by atoms with E-state index in [9.17, 15) is 8.42 Å². The van der Waals surface area contributed by atoms with Gasteiger partial charge in [-0.25, -0.2) is 13.1 Å². The summed E-state index contributed by atoms with van der Waals surface area (Å²) in [6.45, 7) is 7.88. The van der Waals surface area contributed by atoms with Gasteiger partial charge in [-0.15, -0.1) is 0 Å². The van der Waals surface area contributed by atoms with Crippen LogP contribution in [0.3, 0.4) is 0 Å². The van der Waals surface area contributed by atoms with Crippen LogP contribution in [-0.4, -0.2) is 39.9 Å². The maximum atomic E-state index is 13.0. The number of sulfonamides is 1. The predicted octanol–water partition coefficient (Wildman–Crippen LogP) is 2.61. The molecule has 1 saturated carbocycles. The fourth-order valence-electron chi connectivity index (χ4n) is 3.53. The second kappa shape index (κ2) is 7.39. The van der Waals surface area contributed by atoms with Crippen LogP contribution < -0.4 is 14.9 Å². The van der Waals surface area contributed by atoms with Crippen LogP contribution in [0.25, 0.3) is 0 Å². The highest BCUT2D eigenvalue weighted by Gasteiger charge is 2.52. The van der Waals surface area contributed by atoms with Gasteiger partial charge >= 0.3 is 7.12 Å². The fraction of sp³-hybridized carbons (Fsp3) is 0.684. The van der Waals surface area contributed by atoms with Crippen LogP contribution >= 0.6 is 0 Å². The van der Waals surface area contributed by atoms with Crippen LogP contribution in [-0.2, 0) is 19.3 Å². The zero-order valence-electron chi connectivity index (χ0n) is 16.9. The molecule has 1 heterocycles. The summed E-state index contributed by atoms with van der Waals surface area (Å²) in [6, 6.07) is 5.04. The second-order valence-corrected chi connectivity index (χ2v) is 10.1. The SMILES string of the molecule is COc1ccc(B2OC(C)(C)C(C)(C)O2)cc1S(=O)(=O)NC1CCCCC1. The van der Waals surface area contributed by atoms with Gasteiger partial charge in [0.15, 0.2) is 0 Å². The first-order chi connectivity index (χ1) is 12.6. The molecule has 1 aromatic rings. The molecule has 1 saturated heterocycles. The third-order valence-corrected chi connectivity index (χ3v) is 7.47. The summed E-state index contributed by atoms with van der Waals surface area (Å²) in [5.74, 6) is 0.318. The van der Waals surface area contributed by atoms with Gasteiger partial charge in [0.05, 0.1) is 18.3 Å². The third-order valence-electron chi connectivity index (χ3n) is 5.93. The lowest BCUT2D eigenvalue weighted by molar-refractivity contribution is 0.00578. The summed E-state index contributed by atoms with van der Waals surface area (Å²) in [5, 5.41) is 0. The zero-order chi connectivity index (χ0) is 19.9. The average molecular weight is 395 g/mol. The highest BCUT2D eigenvalue weighted by molar-refractivity contribution is 7.89. The van der Waals surface area contributed by atoms with Crippen molar-refractivity contribution in [3.8, 4) is 5.75 Å². The number of methoxy groups -OCH3 is 1. The monoisotopic (exact) mass is 395 g/mol. The summed E-state index contributed by atoms with van der Waals surface area (Å²) in [6.07, 6.45) is 5.02. The Balaban J connectivity index is 1.90. The van der Waals surface area contributed by atoms with Gasteiger partial charge in [-0.3, -0.25) is 0 Å². The van der Waals surface area contributed by atoms with Crippen molar-refractivity contribution in [2.24, 2.45) is 0 Å². The molecule has 0 spiro atoms. The van der Waals surface area contributed by atoms with Crippen molar-refractivity contribution in [1.29, 1.82) is 0 Å². The van der Waals surface area contributed by atoms with Gasteiger partial charge < -0.3 is 14.0 Å². The summed E-state index contributed by atoms with van der Waals surface area (Å²) in [7, 11) is -2.84. The molecule has 8 heteroatoms. The number of hydrogen-bond acceptors (Lipinski definition) is 5. The van der Waals surface area contributed by atoms with Crippen LogP contribution in [0, 0.1) is 0 Å². The number of benzene rings is 1. The summed E-state index contributed by atoms with van der Waals surface area (Å²) >= 11 is 0. The van der Waals surface area contributed by atoms with Gasteiger partial charge in [-0.05, 0) is 58.1 Å². The molecule has 0 atom stereocenters. The van der Waals surface area contributed by atoms with E-state index in [1.807, 2.05) is 27.7 Å². The van der Waals surface area contributed by atoms with E-state index >= 15 is 0 Å². The van der Waals surface area contributed by atoms with Crippen LogP contribution in [0.1, 0.15) is 59.8 Å². The van der Waals surface area contributed by atoms with E-state index in [4.69, 9.17) is 14.0 Å². The Morgan fingerprint density at radius 1 is 1.07 bits per heavy atom. The van der Waals surface area contributed by atoms with Crippen LogP contribution in [0.5, 0.6) is 5.75 Å². The van der Waals surface area contributed by atoms with Gasteiger partial charge in [0.2, 0.25) is 10.0 Å². The van der Waals surface area contributed by atoms with Crippen molar-refractivity contribution in [2.75, 3.05) is 7.11 Å². The lowest BCUT2D eigenvalue weighted by Crippen LogP contribution is -2.41. The Bertz CT molecular complexity index is 771. The lowest BCUT2D eigenvalue weighted by Gasteiger charge is -2.32. The summed E-state index contributed by atoms with van der Waals surface area (Å²) in [4.78, 5) is 0.128. The Labute approximate surface area is 163 Å². The van der Waals surface area contributed by atoms with Crippen molar-refractivity contribution in [1.82, 2.24) is 4.72 Å². The summed E-state index contributed by atoms with van der Waals surface area (Å²) in [5.41, 5.74) is -0.313. The molecular weight excluding hydrogens is 365 g/mol. The predicted molar refractivity (Wildman–Crippen MR) is 106 cm³/mol. The van der Waals surface area contributed by atoms with E-state index in [1.165, 1.54) is 13.5 Å². The van der Waals surface area contributed by atoms with Gasteiger partial charge in [0.25, 0.3) is 0 Å². The Kier molecular flexibility index (Phi) is 5.65. The second-order valence-electron chi connectivity index (χ2n) is 8.45. The minimum Gasteiger partial charge on any atom is -0.495 e. The zero-order valence-corrected chi connectivity index (χ0v) is 17.7. The molecule has 0 radical (unpaired) electrons. The van der Waals surface area contributed by atoms with Gasteiger partial charge in [-0.2, -0.15) is 0 Å². The maximum Gasteiger partial charge on any atom is 0.494 e. The quantitative estimate of drug-likeness (QED) is 0.776. The Hall–Kier alpha value is -1.09. The molecule has 1 aliphatic heterocycles. The van der Waals surface area contributed by atoms with E-state index in [0.717, 1.165) is 25.7 Å². The van der Waals surface area contributed by atoms with Crippen LogP contribution in [0.2, 0.25) is 0 Å². The van der Waals surface area contributed by atoms with E-state index in [1.54, 1.807) is 18.2 Å². The molecule has 0 aromatic heterocycles. The average Bonchev–Trinajstić information content (AvgIpc) is 2.82. The van der Waals surface area contributed by atoms with Crippen molar-refractivity contribution in [3.05, 3.63) is 18.2 Å². The number of nitrogens with one attached hydrogen (secondary N) is 1. The molecule has 1 aliphatic carbocycles. The molecule has 3 rings (SSSR count). The normalized spacial score (nSPS) is 22.8. The van der Waals surface area contributed by atoms with Crippen LogP contribution in [0.15, 0.2) is 23.1 Å². The van der Waals surface area contributed by atoms with E-state index in [2.05, 4.69) is 4.72 Å². The molecule has 0 unspecified atom stereocenters. The molecule has 6 nitrogen and oxygen atoms in total. The Morgan fingerprint density at radius 3 is 2.22 bits per heavy atom. The minimum atomic E-state index is -3.70. The van der Waals surface area contributed by atoms with Gasteiger partial charge in [0, 0.05) is 6.04 Å². The Morgan fingerprint density at radius 2 is 1.67 bits per heavy atom. The highest BCUT2D eigenvalue weighted by atomic mass is 32.2. The van der Waals surface area contributed by atoms with Gasteiger partial charge in [0.1, 0.15) is 10.6 Å². The van der Waals surface area contributed by atoms with Crippen molar-refractivity contribution in [3.63, 3.8) is 0 Å². The number of ether oxygens (including phenoxy) is 1. The molecule has 27 heavy (non-hydrogen) atoms. The molecule has 0 bridgehead atoms. The third kappa shape index (κ3) is 4.18. The first kappa shape index (κ1) is 20.6. The fourth-order valence-corrected chi connectivity index (χ4v) is 5.04. The standard InChI is InChI=1S/C19H30BNO5S/c1-18(2)19(3,4)26-20(25-18)14-11-12-16(24-5)17(13-14)27(22,23)21-15-9-7-6-8-10-15/h11-13,15,21H,6-10H2,1-5H3. The summed E-state index contributed by atoms with van der Waals surface area (Å²) < 4.78 is 46.4. The van der Waals surface area contributed by atoms with Crippen molar-refractivity contribution in [2.45, 2.75) is 81.9 Å². The van der Waals surface area contributed by atoms with E-state index < -0.39 is 28.3 Å². The molecular formula is C19H30BNO5S. The van der Waals surface area contributed by atoms with Crippen LogP contribution in [0.4, 0.5) is 0 Å². The van der Waals surface area contributed by atoms with Crippen molar-refractivity contribution < 1.29 is 22.5 Å². The maximum absolute atomic E-state index is 13.0. The van der Waals surface area contributed by atoms with E-state index in [0.29, 0.717) is 11.2 Å². The van der Waals surface area contributed by atoms with Gasteiger partial charge in [-0.1, -0.05) is 25.3 Å². The smallest absolute Gasteiger partial charge is 0.494 e. The first-order valence-electron chi connectivity index (χ1n) is 9.62. The lowest BCUT2D eigenvalue weighted by atomic mass is 9.79.